The molecule has 0 atom stereocenters. The maximum atomic E-state index is 13.3. The van der Waals surface area contributed by atoms with Crippen molar-refractivity contribution in [2.24, 2.45) is 5.10 Å². The van der Waals surface area contributed by atoms with Crippen LogP contribution in [0.3, 0.4) is 0 Å². The van der Waals surface area contributed by atoms with E-state index < -0.39 is 27.1 Å². The number of rotatable bonds is 12. The summed E-state index contributed by atoms with van der Waals surface area (Å²) in [6.07, 6.45) is 2.18. The first-order valence-electron chi connectivity index (χ1n) is 14.3. The Balaban J connectivity index is 1.22. The van der Waals surface area contributed by atoms with E-state index in [1.54, 1.807) is 19.1 Å². The summed E-state index contributed by atoms with van der Waals surface area (Å²) >= 11 is 0. The van der Waals surface area contributed by atoms with Crippen molar-refractivity contribution in [3.63, 3.8) is 0 Å². The molecule has 19 nitrogen and oxygen atoms in total. The van der Waals surface area contributed by atoms with Crippen LogP contribution in [0.25, 0.3) is 5.82 Å². The molecule has 3 N–H and O–H groups in total. The van der Waals surface area contributed by atoms with E-state index in [9.17, 15) is 25.0 Å². The zero-order valence-electron chi connectivity index (χ0n) is 25.0. The number of para-hydroxylation sites is 1. The quantitative estimate of drug-likeness (QED) is 0.111. The molecule has 1 aliphatic heterocycles. The van der Waals surface area contributed by atoms with Crippen LogP contribution < -0.4 is 25.5 Å². The first-order valence-corrected chi connectivity index (χ1v) is 14.3. The first kappa shape index (κ1) is 31.1. The third-order valence-electron chi connectivity index (χ3n) is 7.22. The van der Waals surface area contributed by atoms with Crippen molar-refractivity contribution in [1.82, 2.24) is 30.7 Å². The van der Waals surface area contributed by atoms with Crippen molar-refractivity contribution in [2.75, 3.05) is 23.8 Å². The van der Waals surface area contributed by atoms with E-state index in [0.29, 0.717) is 17.8 Å². The number of nitrogens with two attached hydrogens (primary N) is 1. The molecule has 6 rings (SSSR count). The number of nitrogens with zero attached hydrogens (tertiary/aromatic N) is 9. The van der Waals surface area contributed by atoms with Crippen molar-refractivity contribution in [1.29, 1.82) is 0 Å². The van der Waals surface area contributed by atoms with Crippen molar-refractivity contribution in [3.05, 3.63) is 103 Å². The van der Waals surface area contributed by atoms with Gasteiger partial charge in [-0.2, -0.15) is 9.78 Å². The molecule has 0 radical (unpaired) electrons. The summed E-state index contributed by atoms with van der Waals surface area (Å²) in [6, 6.07) is 15.6. The minimum Gasteiger partial charge on any atom is -0.490 e. The van der Waals surface area contributed by atoms with E-state index in [4.69, 9.17) is 19.8 Å². The average molecular weight is 656 g/mol. The summed E-state index contributed by atoms with van der Waals surface area (Å²) in [4.78, 5) is 36.5. The lowest BCUT2D eigenvalue weighted by Gasteiger charge is -2.19. The summed E-state index contributed by atoms with van der Waals surface area (Å²) in [5, 5.41) is 42.3. The number of non-ortho nitro benzene ring substituents is 1. The molecule has 3 heterocycles. The van der Waals surface area contributed by atoms with Crippen molar-refractivity contribution in [2.45, 2.75) is 19.9 Å². The number of hydrazone groups is 1. The van der Waals surface area contributed by atoms with Gasteiger partial charge in [0.25, 0.3) is 11.6 Å². The van der Waals surface area contributed by atoms with Crippen LogP contribution in [0.1, 0.15) is 34.2 Å². The number of nitro groups is 2. The lowest BCUT2D eigenvalue weighted by molar-refractivity contribution is -0.394. The highest BCUT2D eigenvalue weighted by atomic mass is 16.6. The summed E-state index contributed by atoms with van der Waals surface area (Å²) in [5.74, 6) is -0.516. The normalized spacial score (nSPS) is 12.2. The summed E-state index contributed by atoms with van der Waals surface area (Å²) in [5.41, 5.74) is 10.3. The van der Waals surface area contributed by atoms with Crippen LogP contribution in [-0.4, -0.2) is 60.4 Å². The number of hydrogen-bond donors (Lipinski definition) is 2. The number of nitrogen functional groups attached to an aromatic ring is 1. The van der Waals surface area contributed by atoms with Gasteiger partial charge in [0.05, 0.1) is 41.0 Å². The molecule has 1 amide bonds. The zero-order chi connectivity index (χ0) is 33.8. The maximum absolute atomic E-state index is 13.3. The van der Waals surface area contributed by atoms with E-state index in [1.807, 2.05) is 24.3 Å². The predicted molar refractivity (Wildman–Crippen MR) is 167 cm³/mol. The third-order valence-corrected chi connectivity index (χ3v) is 7.22. The fourth-order valence-electron chi connectivity index (χ4n) is 5.02. The highest BCUT2D eigenvalue weighted by molar-refractivity contribution is 5.94. The number of fused-ring (bicyclic) bond motifs is 1. The molecule has 0 unspecified atom stereocenters. The minimum atomic E-state index is -0.780. The lowest BCUT2D eigenvalue weighted by atomic mass is 10.2. The highest BCUT2D eigenvalue weighted by Gasteiger charge is 2.28. The van der Waals surface area contributed by atoms with Gasteiger partial charge in [0.15, 0.2) is 17.2 Å². The topological polar surface area (TPSA) is 245 Å². The predicted octanol–water partition coefficient (Wildman–Crippen LogP) is 3.57. The minimum absolute atomic E-state index is 0.0256. The molecule has 3 aromatic carbocycles. The molecule has 0 spiro atoms. The molecule has 0 saturated heterocycles. The van der Waals surface area contributed by atoms with Crippen molar-refractivity contribution < 1.29 is 28.7 Å². The van der Waals surface area contributed by atoms with E-state index in [2.05, 4.69) is 36.1 Å². The Hall–Kier alpha value is -6.92. The molecule has 2 aromatic heterocycles. The fourth-order valence-corrected chi connectivity index (χ4v) is 5.02. The number of anilines is 2. The van der Waals surface area contributed by atoms with Crippen LogP contribution in [-0.2, 0) is 13.0 Å². The number of benzene rings is 3. The van der Waals surface area contributed by atoms with Crippen molar-refractivity contribution in [3.8, 4) is 23.1 Å². The van der Waals surface area contributed by atoms with E-state index in [-0.39, 0.29) is 47.7 Å². The molecule has 0 fully saturated rings. The van der Waals surface area contributed by atoms with Gasteiger partial charge in [0, 0.05) is 18.3 Å². The van der Waals surface area contributed by atoms with Gasteiger partial charge >= 0.3 is 5.69 Å². The van der Waals surface area contributed by atoms with Crippen LogP contribution in [0.2, 0.25) is 0 Å². The smallest absolute Gasteiger partial charge is 0.318 e. The molecule has 19 heteroatoms. The molecule has 5 aromatic rings. The number of amides is 1. The number of ether oxygens (including phenoxy) is 2. The van der Waals surface area contributed by atoms with Gasteiger partial charge in [0.1, 0.15) is 0 Å². The summed E-state index contributed by atoms with van der Waals surface area (Å²) in [6.45, 7) is 2.90. The Morgan fingerprint density at radius 1 is 1.08 bits per heavy atom. The molecule has 244 valence electrons. The number of nitrogens with one attached hydrogen (secondary N) is 1. The number of aromatic nitrogens is 5. The highest BCUT2D eigenvalue weighted by Crippen LogP contribution is 2.38. The van der Waals surface area contributed by atoms with Gasteiger partial charge in [-0.05, 0) is 65.1 Å². The second-order valence-corrected chi connectivity index (χ2v) is 10.2. The Kier molecular flexibility index (Phi) is 8.55. The van der Waals surface area contributed by atoms with Crippen LogP contribution in [0.4, 0.5) is 22.9 Å². The van der Waals surface area contributed by atoms with Crippen LogP contribution in [0.15, 0.2) is 70.4 Å². The summed E-state index contributed by atoms with van der Waals surface area (Å²) in [7, 11) is 0. The number of carbonyl (C=O) groups excluding carboxylic acids is 1. The number of hydrogen-bond acceptors (Lipinski definition) is 15. The first-order chi connectivity index (χ1) is 23.2. The van der Waals surface area contributed by atoms with Crippen LogP contribution >= 0.6 is 0 Å². The molecule has 0 aliphatic carbocycles. The Morgan fingerprint density at radius 3 is 2.65 bits per heavy atom. The van der Waals surface area contributed by atoms with Crippen LogP contribution in [0.5, 0.6) is 17.2 Å². The Labute approximate surface area is 269 Å². The monoisotopic (exact) mass is 655 g/mol. The molecular formula is C29H25N11O8. The standard InChI is InChI=1S/C29H25N11O8/c1-2-46-25-13-17(7-9-24(25)47-23-10-8-19(39(42)43)14-21(23)40(44)45)15-31-33-29(41)26-22(38(36-32-26)28-27(30)34-48-35-28)16-37-12-11-18-5-3-4-6-20(18)37/h3-10,13-15H,2,11-12,16H2,1H3,(H2,30,34)(H,33,41). The summed E-state index contributed by atoms with van der Waals surface area (Å²) < 4.78 is 17.4. The molecular weight excluding hydrogens is 630 g/mol. The Morgan fingerprint density at radius 2 is 1.90 bits per heavy atom. The van der Waals surface area contributed by atoms with Gasteiger partial charge in [-0.3, -0.25) is 25.0 Å². The number of nitro benzene ring substituents is 2. The maximum Gasteiger partial charge on any atom is 0.318 e. The lowest BCUT2D eigenvalue weighted by Crippen LogP contribution is -2.26. The fraction of sp³-hybridized carbons (Fsp3) is 0.172. The molecule has 0 bridgehead atoms. The van der Waals surface area contributed by atoms with Gasteiger partial charge < -0.3 is 20.1 Å². The van der Waals surface area contributed by atoms with Gasteiger partial charge in [-0.15, -0.1) is 5.10 Å². The zero-order valence-corrected chi connectivity index (χ0v) is 25.0. The van der Waals surface area contributed by atoms with E-state index in [1.165, 1.54) is 22.5 Å². The third kappa shape index (κ3) is 6.27. The largest absolute Gasteiger partial charge is 0.490 e. The average Bonchev–Trinajstić information content (AvgIpc) is 3.81. The molecule has 0 saturated carbocycles. The molecule has 48 heavy (non-hydrogen) atoms. The Bertz CT molecular complexity index is 2060. The van der Waals surface area contributed by atoms with Crippen LogP contribution in [0, 0.1) is 20.2 Å². The van der Waals surface area contributed by atoms with Gasteiger partial charge in [-0.25, -0.2) is 10.1 Å². The molecule has 1 aliphatic rings. The van der Waals surface area contributed by atoms with E-state index >= 15 is 0 Å². The second kappa shape index (κ2) is 13.2. The van der Waals surface area contributed by atoms with E-state index in [0.717, 1.165) is 30.3 Å². The SMILES string of the molecule is CCOc1cc(C=NNC(=O)c2nnn(-c3nonc3N)c2CN2CCc3ccccc32)ccc1Oc1ccc([N+](=O)[O-])cc1[N+](=O)[O-]. The van der Waals surface area contributed by atoms with Crippen molar-refractivity contribution >= 4 is 35.0 Å². The number of carbonyl (C=O) groups is 1. The second-order valence-electron chi connectivity index (χ2n) is 10.2. The van der Waals surface area contributed by atoms with Gasteiger partial charge in [0.2, 0.25) is 17.4 Å². The van der Waals surface area contributed by atoms with Gasteiger partial charge in [-0.1, -0.05) is 23.4 Å².